The molecular formula is C23H35N3O5S. The molecule has 2 aliphatic rings. The van der Waals surface area contributed by atoms with Crippen LogP contribution in [0, 0.1) is 10.8 Å². The second-order valence-corrected chi connectivity index (χ2v) is 13.1. The van der Waals surface area contributed by atoms with E-state index in [-0.39, 0.29) is 28.5 Å². The quantitative estimate of drug-likeness (QED) is 0.680. The van der Waals surface area contributed by atoms with Crippen LogP contribution in [-0.4, -0.2) is 49.8 Å². The van der Waals surface area contributed by atoms with E-state index in [1.165, 1.54) is 0 Å². The fraction of sp³-hybridized carbons (Fsp3) is 0.652. The van der Waals surface area contributed by atoms with E-state index in [2.05, 4.69) is 25.6 Å². The van der Waals surface area contributed by atoms with Crippen LogP contribution in [0.4, 0.5) is 10.5 Å². The van der Waals surface area contributed by atoms with E-state index in [4.69, 9.17) is 4.74 Å². The first-order chi connectivity index (χ1) is 14.5. The maximum Gasteiger partial charge on any atom is 0.430 e. The van der Waals surface area contributed by atoms with Gasteiger partial charge in [-0.3, -0.25) is 4.79 Å². The Balaban J connectivity index is 1.82. The van der Waals surface area contributed by atoms with Gasteiger partial charge in [-0.25, -0.2) is 13.2 Å². The lowest BCUT2D eigenvalue weighted by molar-refractivity contribution is 0.0571. The molecule has 2 bridgehead atoms. The lowest BCUT2D eigenvalue weighted by Crippen LogP contribution is -2.48. The molecule has 8 nitrogen and oxygen atoms in total. The number of anilines is 1. The highest BCUT2D eigenvalue weighted by Gasteiger charge is 2.51. The van der Waals surface area contributed by atoms with Crippen LogP contribution in [0.2, 0.25) is 0 Å². The highest BCUT2D eigenvalue weighted by Crippen LogP contribution is 2.52. The average Bonchev–Trinajstić information content (AvgIpc) is 2.85. The number of sulfonamides is 1. The zero-order valence-corrected chi connectivity index (χ0v) is 20.9. The van der Waals surface area contributed by atoms with Crippen molar-refractivity contribution in [1.29, 1.82) is 0 Å². The van der Waals surface area contributed by atoms with Gasteiger partial charge >= 0.3 is 6.09 Å². The first-order valence-electron chi connectivity index (χ1n) is 10.9. The number of benzene rings is 1. The van der Waals surface area contributed by atoms with E-state index in [1.807, 2.05) is 4.90 Å². The summed E-state index contributed by atoms with van der Waals surface area (Å²) in [6.45, 7) is 12.6. The predicted octanol–water partition coefficient (Wildman–Crippen LogP) is 3.93. The topological polar surface area (TPSA) is 96.0 Å². The second-order valence-electron chi connectivity index (χ2n) is 11.4. The Morgan fingerprint density at radius 1 is 1.12 bits per heavy atom. The first-order valence-corrected chi connectivity index (χ1v) is 12.8. The number of hydrazine groups is 1. The van der Waals surface area contributed by atoms with Gasteiger partial charge in [0.05, 0.1) is 11.9 Å². The standard InChI is InChI=1S/C23H35N3O5S/c1-21(2,3)31-20(28)26(24-32(7,29)30)17-10-8-16(9-11-17)19(27)25-15-23(6)13-18(25)12-22(4,5)14-23/h8-11,18,24H,12-15H2,1-7H3. The number of likely N-dealkylation sites (tertiary alicyclic amines) is 1. The van der Waals surface area contributed by atoms with Crippen molar-refractivity contribution in [2.24, 2.45) is 10.8 Å². The number of carbonyl (C=O) groups excluding carboxylic acids is 2. The Labute approximate surface area is 191 Å². The Bertz CT molecular complexity index is 997. The molecule has 3 rings (SSSR count). The molecule has 9 heteroatoms. The molecule has 178 valence electrons. The monoisotopic (exact) mass is 465 g/mol. The van der Waals surface area contributed by atoms with E-state index < -0.39 is 21.7 Å². The highest BCUT2D eigenvalue weighted by atomic mass is 32.2. The number of amides is 2. The number of fused-ring (bicyclic) bond motifs is 2. The molecular weight excluding hydrogens is 430 g/mol. The van der Waals surface area contributed by atoms with Gasteiger partial charge < -0.3 is 9.64 Å². The fourth-order valence-electron chi connectivity index (χ4n) is 5.29. The number of carbonyl (C=O) groups is 2. The molecule has 32 heavy (non-hydrogen) atoms. The Morgan fingerprint density at radius 3 is 2.25 bits per heavy atom. The molecule has 1 aliphatic heterocycles. The van der Waals surface area contributed by atoms with Gasteiger partial charge in [-0.15, -0.1) is 4.83 Å². The third kappa shape index (κ3) is 5.81. The van der Waals surface area contributed by atoms with Gasteiger partial charge in [0.1, 0.15) is 5.60 Å². The summed E-state index contributed by atoms with van der Waals surface area (Å²) in [7, 11) is -3.74. The molecule has 1 saturated heterocycles. The zero-order chi connectivity index (χ0) is 24.1. The van der Waals surface area contributed by atoms with Crippen LogP contribution < -0.4 is 9.84 Å². The van der Waals surface area contributed by atoms with Crippen LogP contribution in [0.25, 0.3) is 0 Å². The maximum absolute atomic E-state index is 13.3. The van der Waals surface area contributed by atoms with E-state index in [9.17, 15) is 18.0 Å². The Hall–Kier alpha value is -2.13. The summed E-state index contributed by atoms with van der Waals surface area (Å²) >= 11 is 0. The summed E-state index contributed by atoms with van der Waals surface area (Å²) < 4.78 is 28.9. The van der Waals surface area contributed by atoms with Crippen molar-refractivity contribution in [2.75, 3.05) is 17.8 Å². The average molecular weight is 466 g/mol. The molecule has 2 unspecified atom stereocenters. The van der Waals surface area contributed by atoms with Crippen LogP contribution in [-0.2, 0) is 14.8 Å². The van der Waals surface area contributed by atoms with E-state index in [1.54, 1.807) is 45.0 Å². The van der Waals surface area contributed by atoms with Crippen molar-refractivity contribution in [3.05, 3.63) is 29.8 Å². The lowest BCUT2D eigenvalue weighted by Gasteiger charge is -2.39. The molecule has 1 aliphatic carbocycles. The van der Waals surface area contributed by atoms with Crippen LogP contribution >= 0.6 is 0 Å². The van der Waals surface area contributed by atoms with Crippen LogP contribution in [0.3, 0.4) is 0 Å². The van der Waals surface area contributed by atoms with Crippen molar-refractivity contribution in [2.45, 2.75) is 72.4 Å². The number of ether oxygens (including phenoxy) is 1. The second kappa shape index (κ2) is 8.02. The molecule has 1 aromatic rings. The normalized spacial score (nSPS) is 24.8. The number of rotatable bonds is 4. The molecule has 0 radical (unpaired) electrons. The van der Waals surface area contributed by atoms with Crippen molar-refractivity contribution in [1.82, 2.24) is 9.73 Å². The van der Waals surface area contributed by atoms with Crippen molar-refractivity contribution >= 4 is 27.7 Å². The van der Waals surface area contributed by atoms with Crippen LogP contribution in [0.15, 0.2) is 24.3 Å². The van der Waals surface area contributed by atoms with Gasteiger partial charge in [-0.2, -0.15) is 5.01 Å². The summed E-state index contributed by atoms with van der Waals surface area (Å²) in [5.41, 5.74) is 0.305. The smallest absolute Gasteiger partial charge is 0.430 e. The van der Waals surface area contributed by atoms with Gasteiger partial charge in [0.25, 0.3) is 5.91 Å². The minimum absolute atomic E-state index is 0.0390. The lowest BCUT2D eigenvalue weighted by atomic mass is 9.65. The Kier molecular flexibility index (Phi) is 6.14. The first kappa shape index (κ1) is 24.5. The van der Waals surface area contributed by atoms with Crippen LogP contribution in [0.1, 0.15) is 71.2 Å². The van der Waals surface area contributed by atoms with Gasteiger partial charge in [-0.1, -0.05) is 20.8 Å². The summed E-state index contributed by atoms with van der Waals surface area (Å²) in [4.78, 5) is 30.0. The van der Waals surface area contributed by atoms with Crippen molar-refractivity contribution in [3.8, 4) is 0 Å². The molecule has 1 N–H and O–H groups in total. The molecule has 1 aromatic carbocycles. The van der Waals surface area contributed by atoms with E-state index in [0.29, 0.717) is 5.56 Å². The number of nitrogens with zero attached hydrogens (tertiary/aromatic N) is 2. The molecule has 1 heterocycles. The van der Waals surface area contributed by atoms with Gasteiger partial charge in [0, 0.05) is 18.2 Å². The van der Waals surface area contributed by atoms with Gasteiger partial charge in [0.2, 0.25) is 10.0 Å². The molecule has 0 aromatic heterocycles. The van der Waals surface area contributed by atoms with Crippen molar-refractivity contribution < 1.29 is 22.7 Å². The van der Waals surface area contributed by atoms with E-state index >= 15 is 0 Å². The summed E-state index contributed by atoms with van der Waals surface area (Å²) in [5, 5.41) is 0.835. The van der Waals surface area contributed by atoms with Crippen molar-refractivity contribution in [3.63, 3.8) is 0 Å². The van der Waals surface area contributed by atoms with E-state index in [0.717, 1.165) is 37.1 Å². The fourth-order valence-corrected chi connectivity index (χ4v) is 5.80. The predicted molar refractivity (Wildman–Crippen MR) is 124 cm³/mol. The molecule has 0 spiro atoms. The maximum atomic E-state index is 13.3. The Morgan fingerprint density at radius 2 is 1.72 bits per heavy atom. The zero-order valence-electron chi connectivity index (χ0n) is 20.1. The molecule has 2 amide bonds. The molecule has 2 fully saturated rings. The number of hydrogen-bond donors (Lipinski definition) is 1. The molecule has 2 atom stereocenters. The highest BCUT2D eigenvalue weighted by molar-refractivity contribution is 7.88. The largest absolute Gasteiger partial charge is 0.442 e. The van der Waals surface area contributed by atoms with Gasteiger partial charge in [-0.05, 0) is 75.1 Å². The third-order valence-corrected chi connectivity index (χ3v) is 6.40. The summed E-state index contributed by atoms with van der Waals surface area (Å²) in [6, 6.07) is 6.55. The summed E-state index contributed by atoms with van der Waals surface area (Å²) in [6.07, 6.45) is 3.20. The van der Waals surface area contributed by atoms with Crippen LogP contribution in [0.5, 0.6) is 0 Å². The minimum atomic E-state index is -3.74. The minimum Gasteiger partial charge on any atom is -0.442 e. The third-order valence-electron chi connectivity index (χ3n) is 5.88. The molecule has 1 saturated carbocycles. The number of hydrogen-bond acceptors (Lipinski definition) is 5. The van der Waals surface area contributed by atoms with Gasteiger partial charge in [0.15, 0.2) is 0 Å². The SMILES string of the molecule is CC1(C)CC2CC(C)(CN2C(=O)c2ccc(N(NS(C)(=O)=O)C(=O)OC(C)(C)C)cc2)C1. The summed E-state index contributed by atoms with van der Waals surface area (Å²) in [5.74, 6) is -0.0390. The number of nitrogens with one attached hydrogen (secondary N) is 1.